The van der Waals surface area contributed by atoms with Crippen molar-refractivity contribution < 1.29 is 14.6 Å². The van der Waals surface area contributed by atoms with E-state index in [-0.39, 0.29) is 5.92 Å². The van der Waals surface area contributed by atoms with Crippen LogP contribution in [0.15, 0.2) is 29.8 Å². The van der Waals surface area contributed by atoms with E-state index in [0.717, 1.165) is 37.0 Å². The Balaban J connectivity index is 2.21. The molecule has 1 N–H and O–H groups in total. The topological polar surface area (TPSA) is 46.5 Å². The summed E-state index contributed by atoms with van der Waals surface area (Å²) in [6.07, 6.45) is 7.29. The van der Waals surface area contributed by atoms with Gasteiger partial charge in [-0.2, -0.15) is 0 Å². The minimum Gasteiger partial charge on any atom is -0.497 e. The number of hydrogen-bond acceptors (Lipinski definition) is 2. The summed E-state index contributed by atoms with van der Waals surface area (Å²) in [7, 11) is 1.62. The fraction of sp³-hybridized carbons (Fsp3) is 0.438. The maximum absolute atomic E-state index is 11.4. The predicted molar refractivity (Wildman–Crippen MR) is 75.2 cm³/mol. The third kappa shape index (κ3) is 3.60. The molecular weight excluding hydrogens is 240 g/mol. The maximum atomic E-state index is 11.4. The number of methoxy groups -OCH3 is 1. The average molecular weight is 260 g/mol. The summed E-state index contributed by atoms with van der Waals surface area (Å²) in [6, 6.07) is 7.49. The average Bonchev–Trinajstić information content (AvgIpc) is 2.46. The lowest BCUT2D eigenvalue weighted by atomic mass is 9.83. The molecule has 1 aromatic rings. The van der Waals surface area contributed by atoms with E-state index in [1.165, 1.54) is 6.42 Å². The molecule has 1 aliphatic rings. The molecule has 3 heteroatoms. The number of ether oxygens (including phenoxy) is 1. The zero-order valence-corrected chi connectivity index (χ0v) is 11.3. The van der Waals surface area contributed by atoms with E-state index < -0.39 is 5.97 Å². The summed E-state index contributed by atoms with van der Waals surface area (Å²) in [5.74, 6) is 0.197. The lowest BCUT2D eigenvalue weighted by molar-refractivity contribution is -0.133. The van der Waals surface area contributed by atoms with Crippen LogP contribution in [0.3, 0.4) is 0 Å². The summed E-state index contributed by atoms with van der Waals surface area (Å²) < 4.78 is 5.10. The van der Waals surface area contributed by atoms with Crippen LogP contribution >= 0.6 is 0 Å². The van der Waals surface area contributed by atoms with E-state index in [2.05, 4.69) is 0 Å². The molecule has 0 bridgehead atoms. The van der Waals surface area contributed by atoms with E-state index in [1.54, 1.807) is 13.2 Å². The predicted octanol–water partition coefficient (Wildman–Crippen LogP) is 3.74. The highest BCUT2D eigenvalue weighted by Gasteiger charge is 2.22. The molecule has 1 aromatic carbocycles. The van der Waals surface area contributed by atoms with Crippen molar-refractivity contribution >= 4 is 12.0 Å². The Morgan fingerprint density at radius 1 is 1.21 bits per heavy atom. The van der Waals surface area contributed by atoms with Crippen molar-refractivity contribution in [2.75, 3.05) is 7.11 Å². The van der Waals surface area contributed by atoms with Crippen molar-refractivity contribution in [3.63, 3.8) is 0 Å². The Kier molecular flexibility index (Phi) is 4.61. The van der Waals surface area contributed by atoms with Crippen molar-refractivity contribution in [2.24, 2.45) is 5.92 Å². The fourth-order valence-corrected chi connectivity index (χ4v) is 2.65. The quantitative estimate of drug-likeness (QED) is 0.839. The highest BCUT2D eigenvalue weighted by Crippen LogP contribution is 2.31. The van der Waals surface area contributed by atoms with E-state index in [0.29, 0.717) is 5.57 Å². The summed E-state index contributed by atoms with van der Waals surface area (Å²) >= 11 is 0. The van der Waals surface area contributed by atoms with Crippen molar-refractivity contribution in [1.82, 2.24) is 0 Å². The molecule has 0 atom stereocenters. The van der Waals surface area contributed by atoms with Gasteiger partial charge in [-0.25, -0.2) is 4.79 Å². The number of hydrogen-bond donors (Lipinski definition) is 1. The van der Waals surface area contributed by atoms with Gasteiger partial charge in [0.1, 0.15) is 5.75 Å². The molecular formula is C16H20O3. The van der Waals surface area contributed by atoms with Gasteiger partial charge in [-0.05, 0) is 42.5 Å². The summed E-state index contributed by atoms with van der Waals surface area (Å²) in [4.78, 5) is 11.4. The third-order valence-corrected chi connectivity index (χ3v) is 3.73. The summed E-state index contributed by atoms with van der Waals surface area (Å²) in [5, 5.41) is 9.39. The van der Waals surface area contributed by atoms with Crippen molar-refractivity contribution in [2.45, 2.75) is 32.1 Å². The zero-order valence-electron chi connectivity index (χ0n) is 11.3. The molecule has 1 saturated carbocycles. The van der Waals surface area contributed by atoms with Crippen LogP contribution in [0.2, 0.25) is 0 Å². The maximum Gasteiger partial charge on any atom is 0.331 e. The van der Waals surface area contributed by atoms with Crippen LogP contribution in [-0.4, -0.2) is 18.2 Å². The van der Waals surface area contributed by atoms with Crippen LogP contribution in [0, 0.1) is 5.92 Å². The standard InChI is InChI=1S/C16H20O3/c1-19-14-9-7-12(8-10-14)11-15(16(17)18)13-5-3-2-4-6-13/h7-11,13H,2-6H2,1H3,(H,17,18)/b15-11-. The van der Waals surface area contributed by atoms with Crippen LogP contribution in [0.5, 0.6) is 5.75 Å². The minimum absolute atomic E-state index is 0.202. The summed E-state index contributed by atoms with van der Waals surface area (Å²) in [6.45, 7) is 0. The SMILES string of the molecule is COc1ccc(/C=C(\C(=O)O)C2CCCCC2)cc1. The molecule has 102 valence electrons. The monoisotopic (exact) mass is 260 g/mol. The van der Waals surface area contributed by atoms with E-state index >= 15 is 0 Å². The molecule has 0 aliphatic heterocycles. The number of aliphatic carboxylic acids is 1. The van der Waals surface area contributed by atoms with Crippen LogP contribution in [0.4, 0.5) is 0 Å². The highest BCUT2D eigenvalue weighted by molar-refractivity contribution is 5.92. The molecule has 2 rings (SSSR count). The van der Waals surface area contributed by atoms with E-state index in [1.807, 2.05) is 24.3 Å². The van der Waals surface area contributed by atoms with Crippen LogP contribution in [0.1, 0.15) is 37.7 Å². The van der Waals surface area contributed by atoms with Gasteiger partial charge in [0.2, 0.25) is 0 Å². The largest absolute Gasteiger partial charge is 0.497 e. The number of carbonyl (C=O) groups is 1. The minimum atomic E-state index is -0.789. The molecule has 0 aromatic heterocycles. The molecule has 0 spiro atoms. The van der Waals surface area contributed by atoms with Gasteiger partial charge in [-0.3, -0.25) is 0 Å². The number of rotatable bonds is 4. The smallest absolute Gasteiger partial charge is 0.331 e. The molecule has 0 radical (unpaired) electrons. The molecule has 1 fully saturated rings. The molecule has 1 aliphatic carbocycles. The molecule has 0 saturated heterocycles. The zero-order chi connectivity index (χ0) is 13.7. The number of benzene rings is 1. The third-order valence-electron chi connectivity index (χ3n) is 3.73. The normalized spacial score (nSPS) is 17.2. The van der Waals surface area contributed by atoms with Gasteiger partial charge >= 0.3 is 5.97 Å². The Morgan fingerprint density at radius 3 is 2.37 bits per heavy atom. The van der Waals surface area contributed by atoms with Gasteiger partial charge < -0.3 is 9.84 Å². The molecule has 0 amide bonds. The molecule has 0 unspecified atom stereocenters. The van der Waals surface area contributed by atoms with Crippen molar-refractivity contribution in [1.29, 1.82) is 0 Å². The second-order valence-electron chi connectivity index (χ2n) is 5.01. The second kappa shape index (κ2) is 6.41. The number of carboxylic acid groups (broad SMARTS) is 1. The molecule has 0 heterocycles. The van der Waals surface area contributed by atoms with Gasteiger partial charge in [0, 0.05) is 5.57 Å². The van der Waals surface area contributed by atoms with E-state index in [9.17, 15) is 9.90 Å². The van der Waals surface area contributed by atoms with Crippen LogP contribution in [-0.2, 0) is 4.79 Å². The first-order valence-electron chi connectivity index (χ1n) is 6.79. The first kappa shape index (κ1) is 13.7. The van der Waals surface area contributed by atoms with Crippen molar-refractivity contribution in [3.8, 4) is 5.75 Å². The first-order valence-corrected chi connectivity index (χ1v) is 6.79. The second-order valence-corrected chi connectivity index (χ2v) is 5.01. The van der Waals surface area contributed by atoms with Gasteiger partial charge in [0.25, 0.3) is 0 Å². The van der Waals surface area contributed by atoms with Gasteiger partial charge in [-0.15, -0.1) is 0 Å². The Labute approximate surface area is 113 Å². The van der Waals surface area contributed by atoms with E-state index in [4.69, 9.17) is 4.74 Å². The lowest BCUT2D eigenvalue weighted by Crippen LogP contribution is -2.15. The number of carboxylic acids is 1. The Morgan fingerprint density at radius 2 is 1.84 bits per heavy atom. The summed E-state index contributed by atoms with van der Waals surface area (Å²) in [5.41, 5.74) is 1.47. The van der Waals surface area contributed by atoms with Gasteiger partial charge in [-0.1, -0.05) is 31.4 Å². The first-order chi connectivity index (χ1) is 9.20. The van der Waals surface area contributed by atoms with Crippen LogP contribution in [0.25, 0.3) is 6.08 Å². The van der Waals surface area contributed by atoms with Gasteiger partial charge in [0.05, 0.1) is 7.11 Å². The Hall–Kier alpha value is -1.77. The molecule has 3 nitrogen and oxygen atoms in total. The van der Waals surface area contributed by atoms with Crippen LogP contribution < -0.4 is 4.74 Å². The fourth-order valence-electron chi connectivity index (χ4n) is 2.65. The Bertz CT molecular complexity index is 453. The molecule has 19 heavy (non-hydrogen) atoms. The highest BCUT2D eigenvalue weighted by atomic mass is 16.5. The lowest BCUT2D eigenvalue weighted by Gasteiger charge is -2.22. The van der Waals surface area contributed by atoms with Crippen molar-refractivity contribution in [3.05, 3.63) is 35.4 Å². The van der Waals surface area contributed by atoms with Gasteiger partial charge in [0.15, 0.2) is 0 Å².